The Kier molecular flexibility index (Phi) is 5.35. The predicted octanol–water partition coefficient (Wildman–Crippen LogP) is 2.95. The maximum atomic E-state index is 13.5. The number of nitrogens with zero attached hydrogens (tertiary/aromatic N) is 1. The molecule has 1 amide bonds. The Balaban J connectivity index is 1.45. The number of hydrogen-bond acceptors (Lipinski definition) is 5. The van der Waals surface area contributed by atoms with Crippen molar-refractivity contribution in [3.63, 3.8) is 0 Å². The topological polar surface area (TPSA) is 68.3 Å². The van der Waals surface area contributed by atoms with Crippen LogP contribution in [0.3, 0.4) is 0 Å². The Hall–Kier alpha value is -2.80. The summed E-state index contributed by atoms with van der Waals surface area (Å²) < 4.78 is 19.3. The SMILES string of the molecule is O=C(COC(=O)c1ccc2ncsc2c1)NCCc1ccccc1F. The van der Waals surface area contributed by atoms with E-state index in [9.17, 15) is 14.0 Å². The van der Waals surface area contributed by atoms with Crippen LogP contribution >= 0.6 is 11.3 Å². The summed E-state index contributed by atoms with van der Waals surface area (Å²) in [6.45, 7) is -0.110. The van der Waals surface area contributed by atoms with E-state index in [2.05, 4.69) is 10.3 Å². The number of nitrogens with one attached hydrogen (secondary N) is 1. The molecular formula is C18H15FN2O3S. The fraction of sp³-hybridized carbons (Fsp3) is 0.167. The number of rotatable bonds is 6. The van der Waals surface area contributed by atoms with E-state index >= 15 is 0 Å². The van der Waals surface area contributed by atoms with E-state index in [0.717, 1.165) is 10.2 Å². The Morgan fingerprint density at radius 2 is 2.04 bits per heavy atom. The van der Waals surface area contributed by atoms with Crippen LogP contribution in [0.5, 0.6) is 0 Å². The zero-order valence-corrected chi connectivity index (χ0v) is 14.0. The molecule has 1 aromatic heterocycles. The molecule has 0 spiro atoms. The molecule has 0 aliphatic rings. The fourth-order valence-corrected chi connectivity index (χ4v) is 3.00. The average molecular weight is 358 g/mol. The average Bonchev–Trinajstić information content (AvgIpc) is 3.09. The van der Waals surface area contributed by atoms with Gasteiger partial charge < -0.3 is 10.1 Å². The molecule has 7 heteroatoms. The second-order valence-electron chi connectivity index (χ2n) is 5.30. The third-order valence-electron chi connectivity index (χ3n) is 3.58. The van der Waals surface area contributed by atoms with Crippen molar-refractivity contribution in [2.45, 2.75) is 6.42 Å². The van der Waals surface area contributed by atoms with E-state index in [4.69, 9.17) is 4.74 Å². The molecule has 0 fully saturated rings. The molecule has 3 aromatic rings. The highest BCUT2D eigenvalue weighted by Gasteiger charge is 2.11. The first kappa shape index (κ1) is 17.0. The Bertz CT molecular complexity index is 910. The predicted molar refractivity (Wildman–Crippen MR) is 93.0 cm³/mol. The zero-order chi connectivity index (χ0) is 17.6. The monoisotopic (exact) mass is 358 g/mol. The summed E-state index contributed by atoms with van der Waals surface area (Å²) in [4.78, 5) is 27.9. The van der Waals surface area contributed by atoms with Gasteiger partial charge in [0.15, 0.2) is 6.61 Å². The smallest absolute Gasteiger partial charge is 0.338 e. The maximum absolute atomic E-state index is 13.5. The van der Waals surface area contributed by atoms with Gasteiger partial charge in [0, 0.05) is 6.54 Å². The van der Waals surface area contributed by atoms with Crippen molar-refractivity contribution in [2.24, 2.45) is 0 Å². The Morgan fingerprint density at radius 1 is 1.20 bits per heavy atom. The molecule has 0 saturated carbocycles. The van der Waals surface area contributed by atoms with E-state index in [-0.39, 0.29) is 19.0 Å². The van der Waals surface area contributed by atoms with E-state index in [1.807, 2.05) is 0 Å². The fourth-order valence-electron chi connectivity index (χ4n) is 2.29. The van der Waals surface area contributed by atoms with Gasteiger partial charge >= 0.3 is 5.97 Å². The number of esters is 1. The van der Waals surface area contributed by atoms with Gasteiger partial charge in [-0.25, -0.2) is 14.2 Å². The highest BCUT2D eigenvalue weighted by atomic mass is 32.1. The number of hydrogen-bond donors (Lipinski definition) is 1. The second kappa shape index (κ2) is 7.85. The minimum absolute atomic E-state index is 0.268. The maximum Gasteiger partial charge on any atom is 0.338 e. The van der Waals surface area contributed by atoms with Crippen molar-refractivity contribution in [1.82, 2.24) is 10.3 Å². The van der Waals surface area contributed by atoms with Crippen LogP contribution in [0.2, 0.25) is 0 Å². The summed E-state index contributed by atoms with van der Waals surface area (Å²) >= 11 is 1.42. The van der Waals surface area contributed by atoms with Gasteiger partial charge in [0.2, 0.25) is 0 Å². The van der Waals surface area contributed by atoms with Crippen molar-refractivity contribution in [3.05, 3.63) is 64.9 Å². The molecule has 5 nitrogen and oxygen atoms in total. The van der Waals surface area contributed by atoms with Crippen molar-refractivity contribution in [3.8, 4) is 0 Å². The summed E-state index contributed by atoms with van der Waals surface area (Å²) in [5.74, 6) is -1.30. The lowest BCUT2D eigenvalue weighted by Gasteiger charge is -2.07. The molecule has 1 N–H and O–H groups in total. The quantitative estimate of drug-likeness (QED) is 0.688. The van der Waals surface area contributed by atoms with Gasteiger partial charge in [0.1, 0.15) is 5.82 Å². The normalized spacial score (nSPS) is 10.6. The van der Waals surface area contributed by atoms with Gasteiger partial charge in [0.25, 0.3) is 5.91 Å². The summed E-state index contributed by atoms with van der Waals surface area (Å²) in [5.41, 5.74) is 3.41. The number of carbonyl (C=O) groups is 2. The van der Waals surface area contributed by atoms with E-state index < -0.39 is 11.9 Å². The summed E-state index contributed by atoms with van der Waals surface area (Å²) in [6, 6.07) is 11.4. The van der Waals surface area contributed by atoms with Crippen molar-refractivity contribution in [1.29, 1.82) is 0 Å². The van der Waals surface area contributed by atoms with E-state index in [0.29, 0.717) is 17.5 Å². The van der Waals surface area contributed by atoms with Crippen LogP contribution in [-0.4, -0.2) is 30.0 Å². The highest BCUT2D eigenvalue weighted by Crippen LogP contribution is 2.19. The van der Waals surface area contributed by atoms with Crippen LogP contribution in [0.1, 0.15) is 15.9 Å². The lowest BCUT2D eigenvalue weighted by atomic mass is 10.1. The minimum Gasteiger partial charge on any atom is -0.452 e. The molecule has 2 aromatic carbocycles. The summed E-state index contributed by atoms with van der Waals surface area (Å²) in [6.07, 6.45) is 0.369. The molecule has 0 bridgehead atoms. The van der Waals surface area contributed by atoms with E-state index in [1.54, 1.807) is 41.9 Å². The molecule has 128 valence electrons. The van der Waals surface area contributed by atoms with Gasteiger partial charge in [-0.15, -0.1) is 11.3 Å². The molecule has 0 radical (unpaired) electrons. The number of aromatic nitrogens is 1. The summed E-state index contributed by atoms with van der Waals surface area (Å²) in [7, 11) is 0. The molecule has 0 saturated heterocycles. The third kappa shape index (κ3) is 4.39. The number of ether oxygens (including phenoxy) is 1. The first-order chi connectivity index (χ1) is 12.1. The number of fused-ring (bicyclic) bond motifs is 1. The molecule has 0 atom stereocenters. The van der Waals surface area contributed by atoms with Crippen molar-refractivity contribution < 1.29 is 18.7 Å². The number of thiazole rings is 1. The molecular weight excluding hydrogens is 343 g/mol. The Labute approximate surface area is 147 Å². The lowest BCUT2D eigenvalue weighted by Crippen LogP contribution is -2.30. The zero-order valence-electron chi connectivity index (χ0n) is 13.2. The van der Waals surface area contributed by atoms with Gasteiger partial charge in [-0.1, -0.05) is 18.2 Å². The number of halogens is 1. The number of benzene rings is 2. The molecule has 3 rings (SSSR count). The number of amides is 1. The first-order valence-corrected chi connectivity index (χ1v) is 8.52. The minimum atomic E-state index is -0.570. The molecule has 0 aliphatic heterocycles. The first-order valence-electron chi connectivity index (χ1n) is 7.64. The lowest BCUT2D eigenvalue weighted by molar-refractivity contribution is -0.124. The number of carbonyl (C=O) groups excluding carboxylic acids is 2. The van der Waals surface area contributed by atoms with Gasteiger partial charge in [-0.05, 0) is 36.2 Å². The van der Waals surface area contributed by atoms with Crippen molar-refractivity contribution >= 4 is 33.4 Å². The molecule has 25 heavy (non-hydrogen) atoms. The van der Waals surface area contributed by atoms with Crippen LogP contribution in [0.15, 0.2) is 48.0 Å². The Morgan fingerprint density at radius 3 is 2.88 bits per heavy atom. The molecule has 0 unspecified atom stereocenters. The van der Waals surface area contributed by atoms with Gasteiger partial charge in [0.05, 0.1) is 21.3 Å². The highest BCUT2D eigenvalue weighted by molar-refractivity contribution is 7.16. The third-order valence-corrected chi connectivity index (χ3v) is 4.37. The molecule has 1 heterocycles. The largest absolute Gasteiger partial charge is 0.452 e. The van der Waals surface area contributed by atoms with Crippen LogP contribution in [-0.2, 0) is 16.0 Å². The van der Waals surface area contributed by atoms with Crippen LogP contribution in [0, 0.1) is 5.82 Å². The second-order valence-corrected chi connectivity index (χ2v) is 6.19. The van der Waals surface area contributed by atoms with Crippen LogP contribution < -0.4 is 5.32 Å². The van der Waals surface area contributed by atoms with Crippen LogP contribution in [0.25, 0.3) is 10.2 Å². The standard InChI is InChI=1S/C18H15FN2O3S/c19-14-4-2-1-3-12(14)7-8-20-17(22)10-24-18(23)13-5-6-15-16(9-13)25-11-21-15/h1-6,9,11H,7-8,10H2,(H,20,22). The summed E-state index contributed by atoms with van der Waals surface area (Å²) in [5, 5.41) is 2.60. The van der Waals surface area contributed by atoms with Gasteiger partial charge in [-0.2, -0.15) is 0 Å². The van der Waals surface area contributed by atoms with Gasteiger partial charge in [-0.3, -0.25) is 4.79 Å². The van der Waals surface area contributed by atoms with Crippen molar-refractivity contribution in [2.75, 3.05) is 13.2 Å². The molecule has 0 aliphatic carbocycles. The van der Waals surface area contributed by atoms with Crippen LogP contribution in [0.4, 0.5) is 4.39 Å². The van der Waals surface area contributed by atoms with E-state index in [1.165, 1.54) is 17.4 Å².